The van der Waals surface area contributed by atoms with Gasteiger partial charge in [-0.1, -0.05) is 41.7 Å². The summed E-state index contributed by atoms with van der Waals surface area (Å²) in [6.07, 6.45) is 0.164. The van der Waals surface area contributed by atoms with Crippen LogP contribution in [0.2, 0.25) is 0 Å². The number of thiazole rings is 1. The quantitative estimate of drug-likeness (QED) is 0.600. The van der Waals surface area contributed by atoms with Gasteiger partial charge in [-0.2, -0.15) is 0 Å². The van der Waals surface area contributed by atoms with Crippen LogP contribution in [0.3, 0.4) is 0 Å². The van der Waals surface area contributed by atoms with Gasteiger partial charge in [0.2, 0.25) is 5.91 Å². The first-order valence-corrected chi connectivity index (χ1v) is 8.40. The van der Waals surface area contributed by atoms with E-state index >= 15 is 0 Å². The Kier molecular flexibility index (Phi) is 3.66. The van der Waals surface area contributed by atoms with Crippen LogP contribution in [0.1, 0.15) is 11.5 Å². The summed E-state index contributed by atoms with van der Waals surface area (Å²) in [7, 11) is 0. The molecule has 0 fully saturated rings. The van der Waals surface area contributed by atoms with Crippen LogP contribution in [0.15, 0.2) is 57.1 Å². The molecule has 0 saturated heterocycles. The van der Waals surface area contributed by atoms with Crippen LogP contribution >= 0.6 is 11.3 Å². The van der Waals surface area contributed by atoms with E-state index in [9.17, 15) is 9.59 Å². The van der Waals surface area contributed by atoms with Crippen LogP contribution < -0.4 is 10.2 Å². The number of rotatable bonds is 4. The van der Waals surface area contributed by atoms with Gasteiger partial charge in [0.15, 0.2) is 0 Å². The summed E-state index contributed by atoms with van der Waals surface area (Å²) in [5, 5.41) is 7.75. The SMILES string of the molecule is O=C(Cc1cc2c(ccc3ccccc32)o1)NCc1csc(=O)[nH]1. The lowest BCUT2D eigenvalue weighted by molar-refractivity contribution is -0.120. The average molecular weight is 338 g/mol. The first-order chi connectivity index (χ1) is 11.7. The van der Waals surface area contributed by atoms with Crippen LogP contribution in [0.4, 0.5) is 0 Å². The Bertz CT molecular complexity index is 1090. The second-order valence-corrected chi connectivity index (χ2v) is 6.38. The van der Waals surface area contributed by atoms with E-state index in [0.717, 1.165) is 33.1 Å². The van der Waals surface area contributed by atoms with E-state index in [1.165, 1.54) is 0 Å². The molecular weight excluding hydrogens is 324 g/mol. The van der Waals surface area contributed by atoms with Crippen molar-refractivity contribution in [3.8, 4) is 0 Å². The van der Waals surface area contributed by atoms with E-state index in [1.807, 2.05) is 36.4 Å². The predicted octanol–water partition coefficient (Wildman–Crippen LogP) is 3.19. The van der Waals surface area contributed by atoms with Crippen molar-refractivity contribution in [3.05, 3.63) is 69.0 Å². The predicted molar refractivity (Wildman–Crippen MR) is 94.2 cm³/mol. The first kappa shape index (κ1) is 14.7. The maximum atomic E-state index is 12.1. The molecule has 0 aliphatic heterocycles. The van der Waals surface area contributed by atoms with Crippen LogP contribution in [-0.4, -0.2) is 10.9 Å². The lowest BCUT2D eigenvalue weighted by Crippen LogP contribution is -2.24. The minimum Gasteiger partial charge on any atom is -0.461 e. The van der Waals surface area contributed by atoms with Crippen LogP contribution in [0.5, 0.6) is 0 Å². The van der Waals surface area contributed by atoms with Gasteiger partial charge in [0, 0.05) is 16.5 Å². The molecule has 0 unspecified atom stereocenters. The third kappa shape index (κ3) is 2.83. The molecule has 0 spiro atoms. The molecule has 0 bridgehead atoms. The van der Waals surface area contributed by atoms with E-state index in [-0.39, 0.29) is 17.2 Å². The highest BCUT2D eigenvalue weighted by molar-refractivity contribution is 7.07. The highest BCUT2D eigenvalue weighted by Gasteiger charge is 2.11. The Balaban J connectivity index is 1.52. The topological polar surface area (TPSA) is 75.1 Å². The lowest BCUT2D eigenvalue weighted by Gasteiger charge is -2.01. The van der Waals surface area contributed by atoms with Crippen LogP contribution in [-0.2, 0) is 17.8 Å². The van der Waals surface area contributed by atoms with Gasteiger partial charge in [-0.3, -0.25) is 9.59 Å². The van der Waals surface area contributed by atoms with Crippen molar-refractivity contribution in [1.29, 1.82) is 0 Å². The second kappa shape index (κ2) is 5.98. The highest BCUT2D eigenvalue weighted by atomic mass is 32.1. The molecule has 0 radical (unpaired) electrons. The van der Waals surface area contributed by atoms with Crippen LogP contribution in [0.25, 0.3) is 21.7 Å². The standard InChI is InChI=1S/C18H14N2O3S/c21-17(19-9-12-10-24-18(22)20-12)8-13-7-15-14-4-2-1-3-11(14)5-6-16(15)23-13/h1-7,10H,8-9H2,(H,19,21)(H,20,22). The first-order valence-electron chi connectivity index (χ1n) is 7.52. The number of carbonyl (C=O) groups excluding carboxylic acids is 1. The highest BCUT2D eigenvalue weighted by Crippen LogP contribution is 2.28. The van der Waals surface area contributed by atoms with E-state index in [2.05, 4.69) is 16.4 Å². The van der Waals surface area contributed by atoms with Crippen LogP contribution in [0, 0.1) is 0 Å². The Hall–Kier alpha value is -2.86. The van der Waals surface area contributed by atoms with Crippen molar-refractivity contribution in [3.63, 3.8) is 0 Å². The number of benzene rings is 2. The molecule has 2 aromatic carbocycles. The summed E-state index contributed by atoms with van der Waals surface area (Å²) in [5.41, 5.74) is 1.48. The van der Waals surface area contributed by atoms with E-state index in [0.29, 0.717) is 18.0 Å². The van der Waals surface area contributed by atoms with Gasteiger partial charge in [-0.15, -0.1) is 0 Å². The number of H-pyrrole nitrogens is 1. The van der Waals surface area contributed by atoms with Crippen molar-refractivity contribution in [1.82, 2.24) is 10.3 Å². The molecule has 24 heavy (non-hydrogen) atoms. The molecule has 0 aliphatic carbocycles. The Morgan fingerprint density at radius 1 is 1.17 bits per heavy atom. The van der Waals surface area contributed by atoms with Gasteiger partial charge in [0.25, 0.3) is 0 Å². The Labute approximate surface area is 140 Å². The molecule has 0 aliphatic rings. The van der Waals surface area contributed by atoms with Gasteiger partial charge in [0.1, 0.15) is 11.3 Å². The molecule has 120 valence electrons. The van der Waals surface area contributed by atoms with Gasteiger partial charge in [-0.05, 0) is 22.9 Å². The molecule has 2 heterocycles. The van der Waals surface area contributed by atoms with Gasteiger partial charge < -0.3 is 14.7 Å². The molecule has 2 N–H and O–H groups in total. The number of nitrogens with one attached hydrogen (secondary N) is 2. The largest absolute Gasteiger partial charge is 0.461 e. The normalized spacial score (nSPS) is 11.2. The van der Waals surface area contributed by atoms with E-state index in [1.54, 1.807) is 5.38 Å². The third-order valence-corrected chi connectivity index (χ3v) is 4.58. The monoisotopic (exact) mass is 338 g/mol. The van der Waals surface area contributed by atoms with Crippen molar-refractivity contribution in [2.24, 2.45) is 0 Å². The molecular formula is C18H14N2O3S. The molecule has 1 amide bonds. The minimum atomic E-state index is -0.148. The average Bonchev–Trinajstić information content (AvgIpc) is 3.18. The summed E-state index contributed by atoms with van der Waals surface area (Å²) in [6, 6.07) is 13.9. The molecule has 4 rings (SSSR count). The summed E-state index contributed by atoms with van der Waals surface area (Å²) in [4.78, 5) is 25.7. The van der Waals surface area contributed by atoms with Crippen molar-refractivity contribution < 1.29 is 9.21 Å². The molecule has 2 aromatic heterocycles. The molecule has 0 atom stereocenters. The fourth-order valence-corrected chi connectivity index (χ4v) is 3.33. The lowest BCUT2D eigenvalue weighted by atomic mass is 10.1. The Morgan fingerprint density at radius 3 is 2.88 bits per heavy atom. The number of aromatic amines is 1. The van der Waals surface area contributed by atoms with Gasteiger partial charge >= 0.3 is 4.87 Å². The van der Waals surface area contributed by atoms with Crippen molar-refractivity contribution >= 4 is 39.0 Å². The fourth-order valence-electron chi connectivity index (χ4n) is 2.75. The summed E-state index contributed by atoms with van der Waals surface area (Å²) in [5.74, 6) is 0.475. The molecule has 6 heteroatoms. The van der Waals surface area contributed by atoms with Gasteiger partial charge in [-0.25, -0.2) is 0 Å². The number of hydrogen-bond donors (Lipinski definition) is 2. The zero-order chi connectivity index (χ0) is 16.5. The number of fused-ring (bicyclic) bond motifs is 3. The number of hydrogen-bond acceptors (Lipinski definition) is 4. The maximum absolute atomic E-state index is 12.1. The molecule has 4 aromatic rings. The number of aromatic nitrogens is 1. The molecule has 0 saturated carbocycles. The Morgan fingerprint density at radius 2 is 2.04 bits per heavy atom. The summed E-state index contributed by atoms with van der Waals surface area (Å²) < 4.78 is 5.79. The third-order valence-electron chi connectivity index (χ3n) is 3.86. The zero-order valence-corrected chi connectivity index (χ0v) is 13.5. The number of amides is 1. The zero-order valence-electron chi connectivity index (χ0n) is 12.7. The minimum absolute atomic E-state index is 0.122. The molecule has 5 nitrogen and oxygen atoms in total. The van der Waals surface area contributed by atoms with Gasteiger partial charge in [0.05, 0.1) is 13.0 Å². The summed E-state index contributed by atoms with van der Waals surface area (Å²) in [6.45, 7) is 0.306. The van der Waals surface area contributed by atoms with Crippen molar-refractivity contribution in [2.75, 3.05) is 0 Å². The summed E-state index contributed by atoms with van der Waals surface area (Å²) >= 11 is 1.08. The maximum Gasteiger partial charge on any atom is 0.304 e. The number of furan rings is 1. The van der Waals surface area contributed by atoms with E-state index in [4.69, 9.17) is 4.42 Å². The fraction of sp³-hybridized carbons (Fsp3) is 0.111. The van der Waals surface area contributed by atoms with E-state index < -0.39 is 0 Å². The second-order valence-electron chi connectivity index (χ2n) is 5.54. The number of carbonyl (C=O) groups is 1. The smallest absolute Gasteiger partial charge is 0.304 e. The van der Waals surface area contributed by atoms with Crippen molar-refractivity contribution in [2.45, 2.75) is 13.0 Å².